The minimum absolute atomic E-state index is 0.0226. The van der Waals surface area contributed by atoms with Gasteiger partial charge in [-0.3, -0.25) is 4.79 Å². The maximum absolute atomic E-state index is 12.4. The Kier molecular flexibility index (Phi) is 6.05. The first-order chi connectivity index (χ1) is 13.0. The normalized spacial score (nSPS) is 14.1. The van der Waals surface area contributed by atoms with Crippen LogP contribution in [0.1, 0.15) is 24.0 Å². The van der Waals surface area contributed by atoms with Crippen LogP contribution in [-0.4, -0.2) is 19.0 Å². The lowest BCUT2D eigenvalue weighted by atomic mass is 10.1. The topological polar surface area (TPSA) is 56.1 Å². The van der Waals surface area contributed by atoms with Crippen molar-refractivity contribution in [2.45, 2.75) is 19.8 Å². The molecule has 0 saturated carbocycles. The molecule has 2 aromatic rings. The van der Waals surface area contributed by atoms with Crippen molar-refractivity contribution >= 4 is 46.6 Å². The van der Waals surface area contributed by atoms with Gasteiger partial charge in [-0.2, -0.15) is 5.26 Å². The molecule has 1 N–H and O–H groups in total. The minimum atomic E-state index is -0.489. The van der Waals surface area contributed by atoms with Crippen LogP contribution < -0.4 is 10.2 Å². The van der Waals surface area contributed by atoms with Crippen molar-refractivity contribution in [3.63, 3.8) is 0 Å². The maximum atomic E-state index is 12.4. The predicted molar refractivity (Wildman–Crippen MR) is 111 cm³/mol. The minimum Gasteiger partial charge on any atom is -0.371 e. The van der Waals surface area contributed by atoms with Gasteiger partial charge < -0.3 is 10.2 Å². The molecule has 0 bridgehead atoms. The summed E-state index contributed by atoms with van der Waals surface area (Å²) in [4.78, 5) is 14.8. The van der Waals surface area contributed by atoms with Crippen molar-refractivity contribution in [1.29, 1.82) is 5.26 Å². The number of carbonyl (C=O) groups excluding carboxylic acids is 1. The highest BCUT2D eigenvalue weighted by molar-refractivity contribution is 6.42. The summed E-state index contributed by atoms with van der Waals surface area (Å²) >= 11 is 11.8. The summed E-state index contributed by atoms with van der Waals surface area (Å²) in [6.07, 6.45) is 4.02. The van der Waals surface area contributed by atoms with Gasteiger partial charge in [-0.15, -0.1) is 0 Å². The fourth-order valence-corrected chi connectivity index (χ4v) is 3.47. The third-order valence-electron chi connectivity index (χ3n) is 4.52. The van der Waals surface area contributed by atoms with Crippen molar-refractivity contribution in [1.82, 2.24) is 0 Å². The number of aryl methyl sites for hydroxylation is 1. The van der Waals surface area contributed by atoms with E-state index in [4.69, 9.17) is 23.2 Å². The molecule has 3 rings (SSSR count). The van der Waals surface area contributed by atoms with Crippen LogP contribution in [0.15, 0.2) is 42.0 Å². The molecule has 138 valence electrons. The number of nitrogens with zero attached hydrogens (tertiary/aromatic N) is 2. The number of benzene rings is 2. The van der Waals surface area contributed by atoms with Gasteiger partial charge in [0.1, 0.15) is 11.6 Å². The number of halogens is 2. The van der Waals surface area contributed by atoms with Gasteiger partial charge in [-0.1, -0.05) is 29.3 Å². The van der Waals surface area contributed by atoms with E-state index < -0.39 is 5.91 Å². The molecule has 0 unspecified atom stereocenters. The summed E-state index contributed by atoms with van der Waals surface area (Å²) in [5, 5.41) is 12.8. The lowest BCUT2D eigenvalue weighted by molar-refractivity contribution is -0.112. The quantitative estimate of drug-likeness (QED) is 0.549. The Morgan fingerprint density at radius 1 is 1.15 bits per heavy atom. The molecule has 6 heteroatoms. The largest absolute Gasteiger partial charge is 0.371 e. The number of rotatable bonds is 4. The molecule has 1 fully saturated rings. The van der Waals surface area contributed by atoms with Crippen LogP contribution in [0.5, 0.6) is 0 Å². The highest BCUT2D eigenvalue weighted by Crippen LogP contribution is 2.27. The molecule has 1 aliphatic heterocycles. The number of carbonyl (C=O) groups is 1. The highest BCUT2D eigenvalue weighted by Gasteiger charge is 2.15. The van der Waals surface area contributed by atoms with Crippen molar-refractivity contribution < 1.29 is 4.79 Å². The zero-order valence-corrected chi connectivity index (χ0v) is 16.4. The third-order valence-corrected chi connectivity index (χ3v) is 5.26. The van der Waals surface area contributed by atoms with E-state index in [1.807, 2.05) is 25.1 Å². The first-order valence-electron chi connectivity index (χ1n) is 8.72. The van der Waals surface area contributed by atoms with E-state index in [0.717, 1.165) is 24.2 Å². The molecule has 27 heavy (non-hydrogen) atoms. The molecule has 1 heterocycles. The summed E-state index contributed by atoms with van der Waals surface area (Å²) in [5.74, 6) is -0.489. The van der Waals surface area contributed by atoms with Crippen molar-refractivity contribution in [3.8, 4) is 6.07 Å². The number of hydrogen-bond acceptors (Lipinski definition) is 3. The van der Waals surface area contributed by atoms with Crippen molar-refractivity contribution in [2.75, 3.05) is 23.3 Å². The zero-order chi connectivity index (χ0) is 19.4. The van der Waals surface area contributed by atoms with Crippen molar-refractivity contribution in [3.05, 3.63) is 63.1 Å². The van der Waals surface area contributed by atoms with E-state index in [1.165, 1.54) is 18.5 Å². The molecule has 2 aromatic carbocycles. The Labute approximate surface area is 169 Å². The maximum Gasteiger partial charge on any atom is 0.266 e. The molecule has 1 saturated heterocycles. The standard InChI is InChI=1S/C21H19Cl2N3O/c1-14-10-15(4-7-20(14)26-8-2-3-9-26)11-16(13-24)21(27)25-17-5-6-18(22)19(23)12-17/h4-7,10-12H,2-3,8-9H2,1H3,(H,25,27)/b16-11+. The molecule has 1 aliphatic rings. The Morgan fingerprint density at radius 2 is 1.89 bits per heavy atom. The molecule has 0 radical (unpaired) electrons. The molecule has 0 atom stereocenters. The fraction of sp³-hybridized carbons (Fsp3) is 0.238. The Hall–Kier alpha value is -2.48. The van der Waals surface area contributed by atoms with Gasteiger partial charge in [0.15, 0.2) is 0 Å². The third kappa shape index (κ3) is 4.63. The van der Waals surface area contributed by atoms with Gasteiger partial charge in [0.05, 0.1) is 10.0 Å². The average molecular weight is 400 g/mol. The Balaban J connectivity index is 1.78. The summed E-state index contributed by atoms with van der Waals surface area (Å²) in [7, 11) is 0. The second-order valence-electron chi connectivity index (χ2n) is 6.49. The fourth-order valence-electron chi connectivity index (χ4n) is 3.17. The molecule has 0 aliphatic carbocycles. The smallest absolute Gasteiger partial charge is 0.266 e. The molecule has 1 amide bonds. The van der Waals surface area contributed by atoms with Gasteiger partial charge >= 0.3 is 0 Å². The van der Waals surface area contributed by atoms with Crippen LogP contribution in [0, 0.1) is 18.3 Å². The SMILES string of the molecule is Cc1cc(/C=C(\C#N)C(=O)Nc2ccc(Cl)c(Cl)c2)ccc1N1CCCC1. The number of nitrogens with one attached hydrogen (secondary N) is 1. The van der Waals surface area contributed by atoms with Crippen molar-refractivity contribution in [2.24, 2.45) is 0 Å². The number of nitriles is 1. The van der Waals surface area contributed by atoms with E-state index in [0.29, 0.717) is 15.7 Å². The molecular weight excluding hydrogens is 381 g/mol. The lowest BCUT2D eigenvalue weighted by Gasteiger charge is -2.20. The van der Waals surface area contributed by atoms with Crippen LogP contribution >= 0.6 is 23.2 Å². The lowest BCUT2D eigenvalue weighted by Crippen LogP contribution is -2.18. The van der Waals surface area contributed by atoms with Crippen LogP contribution in [0.3, 0.4) is 0 Å². The van der Waals surface area contributed by atoms with E-state index in [-0.39, 0.29) is 5.57 Å². The summed E-state index contributed by atoms with van der Waals surface area (Å²) in [6, 6.07) is 12.7. The number of anilines is 2. The van der Waals surface area contributed by atoms with Crippen LogP contribution in [-0.2, 0) is 4.79 Å². The van der Waals surface area contributed by atoms with E-state index >= 15 is 0 Å². The predicted octanol–water partition coefficient (Wildman–Crippen LogP) is 5.45. The van der Waals surface area contributed by atoms with Gasteiger partial charge in [-0.25, -0.2) is 0 Å². The zero-order valence-electron chi connectivity index (χ0n) is 14.9. The van der Waals surface area contributed by atoms with Gasteiger partial charge in [0.2, 0.25) is 0 Å². The molecule has 0 spiro atoms. The number of hydrogen-bond donors (Lipinski definition) is 1. The molecular formula is C21H19Cl2N3O. The second-order valence-corrected chi connectivity index (χ2v) is 7.31. The second kappa shape index (κ2) is 8.47. The van der Waals surface area contributed by atoms with Crippen LogP contribution in [0.2, 0.25) is 10.0 Å². The van der Waals surface area contributed by atoms with E-state index in [9.17, 15) is 10.1 Å². The van der Waals surface area contributed by atoms with Gasteiger partial charge in [0, 0.05) is 24.5 Å². The summed E-state index contributed by atoms with van der Waals surface area (Å²) in [6.45, 7) is 4.20. The summed E-state index contributed by atoms with van der Waals surface area (Å²) in [5.41, 5.74) is 3.66. The van der Waals surface area contributed by atoms with E-state index in [2.05, 4.69) is 16.3 Å². The first kappa shape index (κ1) is 19.3. The Morgan fingerprint density at radius 3 is 2.52 bits per heavy atom. The van der Waals surface area contributed by atoms with Gasteiger partial charge in [-0.05, 0) is 67.3 Å². The molecule has 0 aromatic heterocycles. The van der Waals surface area contributed by atoms with Crippen LogP contribution in [0.4, 0.5) is 11.4 Å². The Bertz CT molecular complexity index is 941. The average Bonchev–Trinajstić information content (AvgIpc) is 3.17. The van der Waals surface area contributed by atoms with E-state index in [1.54, 1.807) is 24.3 Å². The monoisotopic (exact) mass is 399 g/mol. The van der Waals surface area contributed by atoms with Crippen LogP contribution in [0.25, 0.3) is 6.08 Å². The summed E-state index contributed by atoms with van der Waals surface area (Å²) < 4.78 is 0. The first-order valence-corrected chi connectivity index (χ1v) is 9.47. The number of amides is 1. The van der Waals surface area contributed by atoms with Gasteiger partial charge in [0.25, 0.3) is 5.91 Å². The molecule has 4 nitrogen and oxygen atoms in total. The highest BCUT2D eigenvalue weighted by atomic mass is 35.5.